The molecule has 0 radical (unpaired) electrons. The maximum Gasteiger partial charge on any atom is 0.0668 e. The lowest BCUT2D eigenvalue weighted by Gasteiger charge is -2.36. The lowest BCUT2D eigenvalue weighted by atomic mass is 9.80. The molecule has 20 heavy (non-hydrogen) atoms. The average molecular weight is 295 g/mol. The van der Waals surface area contributed by atoms with Crippen LogP contribution in [0.4, 0.5) is 0 Å². The molecule has 0 aromatic rings. The first-order valence-electron chi connectivity index (χ1n) is 8.44. The maximum atomic E-state index is 13.0. The maximum absolute atomic E-state index is 13.0. The van der Waals surface area contributed by atoms with Crippen molar-refractivity contribution >= 4 is 10.8 Å². The number of hydrogen-bond donors (Lipinski definition) is 0. The van der Waals surface area contributed by atoms with E-state index in [0.717, 1.165) is 25.7 Å². The molecule has 2 nitrogen and oxygen atoms in total. The van der Waals surface area contributed by atoms with Crippen molar-refractivity contribution in [3.05, 3.63) is 0 Å². The van der Waals surface area contributed by atoms with Crippen LogP contribution >= 0.6 is 0 Å². The first kappa shape index (κ1) is 16.0. The van der Waals surface area contributed by atoms with Gasteiger partial charge in [0.15, 0.2) is 0 Å². The van der Waals surface area contributed by atoms with E-state index in [1.54, 1.807) is 0 Å². The van der Waals surface area contributed by atoms with E-state index in [0.29, 0.717) is 17.1 Å². The van der Waals surface area contributed by atoms with E-state index in [1.807, 2.05) is 0 Å². The van der Waals surface area contributed by atoms with Gasteiger partial charge in [-0.1, -0.05) is 39.5 Å². The Kier molecular flexibility index (Phi) is 6.08. The van der Waals surface area contributed by atoms with Gasteiger partial charge in [-0.3, -0.25) is 4.21 Å². The van der Waals surface area contributed by atoms with Crippen LogP contribution in [0.1, 0.15) is 71.6 Å². The fraction of sp³-hybridized carbons (Fsp3) is 0.941. The standard InChI is InChI=1S/C17H29NOS/c1-3-5-14-8-9-15(12-18)17(11-14)20(19)16-7-4-6-13(2)10-16/h13-17H,3-11H2,1-2H3. The van der Waals surface area contributed by atoms with E-state index in [-0.39, 0.29) is 11.2 Å². The van der Waals surface area contributed by atoms with Gasteiger partial charge < -0.3 is 0 Å². The molecular weight excluding hydrogens is 266 g/mol. The van der Waals surface area contributed by atoms with E-state index in [9.17, 15) is 9.47 Å². The Hall–Kier alpha value is -0.360. The second kappa shape index (κ2) is 7.59. The van der Waals surface area contributed by atoms with Crippen LogP contribution < -0.4 is 0 Å². The summed E-state index contributed by atoms with van der Waals surface area (Å²) >= 11 is 0. The van der Waals surface area contributed by atoms with Gasteiger partial charge in [0.2, 0.25) is 0 Å². The average Bonchev–Trinajstić information content (AvgIpc) is 2.47. The Morgan fingerprint density at radius 3 is 2.65 bits per heavy atom. The molecule has 3 heteroatoms. The summed E-state index contributed by atoms with van der Waals surface area (Å²) in [5, 5.41) is 9.91. The van der Waals surface area contributed by atoms with Crippen LogP contribution in [0.25, 0.3) is 0 Å². The van der Waals surface area contributed by atoms with E-state index in [1.165, 1.54) is 32.1 Å². The van der Waals surface area contributed by atoms with Gasteiger partial charge in [0.1, 0.15) is 0 Å². The van der Waals surface area contributed by atoms with Gasteiger partial charge in [-0.25, -0.2) is 0 Å². The lowest BCUT2D eigenvalue weighted by Crippen LogP contribution is -2.38. The first-order valence-corrected chi connectivity index (χ1v) is 9.72. The van der Waals surface area contributed by atoms with Crippen LogP contribution in [0, 0.1) is 29.1 Å². The fourth-order valence-electron chi connectivity index (χ4n) is 4.12. The Morgan fingerprint density at radius 2 is 2.00 bits per heavy atom. The summed E-state index contributed by atoms with van der Waals surface area (Å²) in [6.07, 6.45) is 10.4. The zero-order chi connectivity index (χ0) is 14.5. The topological polar surface area (TPSA) is 40.9 Å². The van der Waals surface area contributed by atoms with Gasteiger partial charge >= 0.3 is 0 Å². The summed E-state index contributed by atoms with van der Waals surface area (Å²) < 4.78 is 13.0. The molecule has 2 fully saturated rings. The summed E-state index contributed by atoms with van der Waals surface area (Å²) in [4.78, 5) is 0. The molecule has 2 aliphatic rings. The molecule has 0 aliphatic heterocycles. The largest absolute Gasteiger partial charge is 0.259 e. The molecular formula is C17H29NOS. The van der Waals surface area contributed by atoms with Gasteiger partial charge in [0.05, 0.1) is 17.2 Å². The van der Waals surface area contributed by atoms with Gasteiger partial charge in [-0.2, -0.15) is 5.26 Å². The van der Waals surface area contributed by atoms with Crippen LogP contribution in [-0.4, -0.2) is 14.7 Å². The SMILES string of the molecule is CCCC1CCC(C#N)C(S(=O)C2CCCC(C)C2)C1. The van der Waals surface area contributed by atoms with E-state index >= 15 is 0 Å². The quantitative estimate of drug-likeness (QED) is 0.770. The predicted molar refractivity (Wildman–Crippen MR) is 84.7 cm³/mol. The highest BCUT2D eigenvalue weighted by Crippen LogP contribution is 2.38. The van der Waals surface area contributed by atoms with E-state index in [4.69, 9.17) is 0 Å². The van der Waals surface area contributed by atoms with Crippen molar-refractivity contribution in [2.75, 3.05) is 0 Å². The van der Waals surface area contributed by atoms with Crippen LogP contribution in [0.15, 0.2) is 0 Å². The molecule has 114 valence electrons. The van der Waals surface area contributed by atoms with Gasteiger partial charge in [-0.05, 0) is 43.9 Å². The van der Waals surface area contributed by atoms with Crippen molar-refractivity contribution in [2.45, 2.75) is 82.1 Å². The van der Waals surface area contributed by atoms with Crippen LogP contribution in [-0.2, 0) is 10.8 Å². The molecule has 0 heterocycles. The summed E-state index contributed by atoms with van der Waals surface area (Å²) in [5.41, 5.74) is 0. The fourth-order valence-corrected chi connectivity index (χ4v) is 6.52. The third-order valence-corrected chi connectivity index (χ3v) is 7.48. The minimum atomic E-state index is -0.790. The van der Waals surface area contributed by atoms with E-state index < -0.39 is 10.8 Å². The molecule has 0 N–H and O–H groups in total. The monoisotopic (exact) mass is 295 g/mol. The third kappa shape index (κ3) is 3.85. The molecule has 6 unspecified atom stereocenters. The smallest absolute Gasteiger partial charge is 0.0668 e. The normalized spacial score (nSPS) is 40.0. The zero-order valence-electron chi connectivity index (χ0n) is 13.0. The summed E-state index contributed by atoms with van der Waals surface area (Å²) in [6.45, 7) is 4.51. The number of nitriles is 1. The molecule has 2 aliphatic carbocycles. The molecule has 0 aromatic heterocycles. The molecule has 0 bridgehead atoms. The number of rotatable bonds is 4. The van der Waals surface area contributed by atoms with Crippen LogP contribution in [0.5, 0.6) is 0 Å². The van der Waals surface area contributed by atoms with E-state index in [2.05, 4.69) is 19.9 Å². The van der Waals surface area contributed by atoms with Gasteiger partial charge in [0.25, 0.3) is 0 Å². The zero-order valence-corrected chi connectivity index (χ0v) is 13.8. The summed E-state index contributed by atoms with van der Waals surface area (Å²) in [7, 11) is -0.790. The van der Waals surface area contributed by atoms with Crippen molar-refractivity contribution in [2.24, 2.45) is 17.8 Å². The second-order valence-corrected chi connectivity index (χ2v) is 8.89. The minimum Gasteiger partial charge on any atom is -0.259 e. The molecule has 2 saturated carbocycles. The Bertz CT molecular complexity index is 376. The molecule has 2 rings (SSSR count). The lowest BCUT2D eigenvalue weighted by molar-refractivity contribution is 0.300. The third-order valence-electron chi connectivity index (χ3n) is 5.28. The summed E-state index contributed by atoms with van der Waals surface area (Å²) in [6, 6.07) is 2.45. The highest BCUT2D eigenvalue weighted by atomic mass is 32.2. The van der Waals surface area contributed by atoms with Crippen molar-refractivity contribution < 1.29 is 4.21 Å². The summed E-state index contributed by atoms with van der Waals surface area (Å²) in [5.74, 6) is 1.47. The molecule has 0 amide bonds. The molecule has 0 saturated heterocycles. The highest BCUT2D eigenvalue weighted by molar-refractivity contribution is 7.86. The van der Waals surface area contributed by atoms with Gasteiger partial charge in [-0.15, -0.1) is 0 Å². The van der Waals surface area contributed by atoms with Gasteiger partial charge in [0, 0.05) is 16.0 Å². The second-order valence-electron chi connectivity index (χ2n) is 6.96. The first-order chi connectivity index (χ1) is 9.65. The van der Waals surface area contributed by atoms with Crippen molar-refractivity contribution in [3.63, 3.8) is 0 Å². The highest BCUT2D eigenvalue weighted by Gasteiger charge is 2.38. The van der Waals surface area contributed by atoms with Crippen molar-refractivity contribution in [1.29, 1.82) is 5.26 Å². The Labute approximate surface area is 126 Å². The molecule has 0 aromatic carbocycles. The van der Waals surface area contributed by atoms with Crippen LogP contribution in [0.3, 0.4) is 0 Å². The predicted octanol–water partition coefficient (Wildman–Crippen LogP) is 4.42. The van der Waals surface area contributed by atoms with Crippen molar-refractivity contribution in [3.8, 4) is 6.07 Å². The van der Waals surface area contributed by atoms with Crippen LogP contribution in [0.2, 0.25) is 0 Å². The number of hydrogen-bond acceptors (Lipinski definition) is 2. The molecule has 6 atom stereocenters. The molecule has 0 spiro atoms. The number of nitrogens with zero attached hydrogens (tertiary/aromatic N) is 1. The van der Waals surface area contributed by atoms with Crippen molar-refractivity contribution in [1.82, 2.24) is 0 Å². The Morgan fingerprint density at radius 1 is 1.20 bits per heavy atom. The Balaban J connectivity index is 2.02. The minimum absolute atomic E-state index is 0.0428.